The van der Waals surface area contributed by atoms with Gasteiger partial charge in [-0.05, 0) is 23.6 Å². The Labute approximate surface area is 166 Å². The average Bonchev–Trinajstić information content (AvgIpc) is 3.42. The second-order valence-corrected chi connectivity index (χ2v) is 6.90. The third-order valence-electron chi connectivity index (χ3n) is 4.09. The Morgan fingerprint density at radius 1 is 1.24 bits per heavy atom. The van der Waals surface area contributed by atoms with E-state index < -0.39 is 24.9 Å². The predicted molar refractivity (Wildman–Crippen MR) is 99.5 cm³/mol. The molecule has 0 saturated heterocycles. The van der Waals surface area contributed by atoms with Crippen molar-refractivity contribution in [2.24, 2.45) is 0 Å². The molecule has 0 amide bonds. The smallest absolute Gasteiger partial charge is 0.437 e. The number of nitrogens with zero attached hydrogens (tertiary/aromatic N) is 4. The minimum absolute atomic E-state index is 0.0577. The van der Waals surface area contributed by atoms with Crippen LogP contribution in [0.25, 0.3) is 21.8 Å². The number of esters is 1. The number of carbonyl (C=O) groups excluding carboxylic acids is 1. The summed E-state index contributed by atoms with van der Waals surface area (Å²) in [4.78, 5) is 28.6. The van der Waals surface area contributed by atoms with E-state index in [1.54, 1.807) is 30.3 Å². The highest BCUT2D eigenvalue weighted by atomic mass is 32.1. The lowest BCUT2D eigenvalue weighted by Crippen LogP contribution is -2.19. The first kappa shape index (κ1) is 19.0. The molecule has 3 aromatic heterocycles. The lowest BCUT2D eigenvalue weighted by atomic mass is 10.3. The van der Waals surface area contributed by atoms with Crippen molar-refractivity contribution < 1.29 is 22.7 Å². The molecule has 0 fully saturated rings. The van der Waals surface area contributed by atoms with Gasteiger partial charge in [-0.2, -0.15) is 13.5 Å². The van der Waals surface area contributed by atoms with Crippen LogP contribution in [0.4, 0.5) is 8.78 Å². The number of para-hydroxylation sites is 2. The van der Waals surface area contributed by atoms with Crippen molar-refractivity contribution in [3.05, 3.63) is 58.2 Å². The number of hydrogen-bond donors (Lipinski definition) is 0. The van der Waals surface area contributed by atoms with Crippen molar-refractivity contribution >= 4 is 28.3 Å². The molecule has 1 aromatic carbocycles. The molecule has 0 N–H and O–H groups in total. The van der Waals surface area contributed by atoms with Crippen molar-refractivity contribution in [3.8, 4) is 10.8 Å². The lowest BCUT2D eigenvalue weighted by Gasteiger charge is -2.08. The number of hydrogen-bond acceptors (Lipinski definition) is 7. The molecule has 0 bridgehead atoms. The molecular formula is C18H14F2N4O4S. The van der Waals surface area contributed by atoms with Gasteiger partial charge in [0.1, 0.15) is 6.61 Å². The summed E-state index contributed by atoms with van der Waals surface area (Å²) in [5.74, 6) is -1.26. The van der Waals surface area contributed by atoms with E-state index in [4.69, 9.17) is 9.15 Å². The molecule has 11 heteroatoms. The average molecular weight is 420 g/mol. The third kappa shape index (κ3) is 3.94. The van der Waals surface area contributed by atoms with E-state index in [-0.39, 0.29) is 30.2 Å². The van der Waals surface area contributed by atoms with Crippen molar-refractivity contribution in [2.75, 3.05) is 0 Å². The first-order valence-corrected chi connectivity index (χ1v) is 9.42. The van der Waals surface area contributed by atoms with E-state index in [1.165, 1.54) is 17.4 Å². The lowest BCUT2D eigenvalue weighted by molar-refractivity contribution is -0.145. The number of thiophene rings is 1. The number of fused-ring (bicyclic) bond motifs is 1. The van der Waals surface area contributed by atoms with Crippen LogP contribution in [0.1, 0.15) is 18.8 Å². The molecular weight excluding hydrogens is 406 g/mol. The molecule has 0 aliphatic carbocycles. The molecule has 4 rings (SSSR count). The Kier molecular flexibility index (Phi) is 5.21. The van der Waals surface area contributed by atoms with Crippen LogP contribution < -0.4 is 5.76 Å². The van der Waals surface area contributed by atoms with Gasteiger partial charge in [0.2, 0.25) is 0 Å². The van der Waals surface area contributed by atoms with Gasteiger partial charge >= 0.3 is 18.3 Å². The van der Waals surface area contributed by atoms with E-state index in [0.29, 0.717) is 10.4 Å². The van der Waals surface area contributed by atoms with Crippen molar-refractivity contribution in [1.29, 1.82) is 0 Å². The zero-order chi connectivity index (χ0) is 20.4. The Morgan fingerprint density at radius 3 is 2.83 bits per heavy atom. The molecule has 0 unspecified atom stereocenters. The summed E-state index contributed by atoms with van der Waals surface area (Å²) < 4.78 is 38.6. The number of aryl methyl sites for hydroxylation is 1. The fourth-order valence-electron chi connectivity index (χ4n) is 2.78. The Bertz CT molecular complexity index is 1200. The highest BCUT2D eigenvalue weighted by molar-refractivity contribution is 7.13. The largest absolute Gasteiger partial charge is 0.457 e. The van der Waals surface area contributed by atoms with Crippen LogP contribution in [-0.4, -0.2) is 25.3 Å². The standard InChI is InChI=1S/C18H14F2N4O4S/c19-17(20)24-12-5-2-1-4-11(12)21-14(24)10-27-15(25)7-8-23-18(26)28-16(22-23)13-6-3-9-29-13/h1-6,9,17H,7-8,10H2. The number of imidazole rings is 1. The zero-order valence-electron chi connectivity index (χ0n) is 14.8. The fraction of sp³-hybridized carbons (Fsp3) is 0.222. The number of benzene rings is 1. The van der Waals surface area contributed by atoms with Gasteiger partial charge in [-0.15, -0.1) is 16.4 Å². The summed E-state index contributed by atoms with van der Waals surface area (Å²) >= 11 is 1.36. The normalized spacial score (nSPS) is 11.4. The SMILES string of the molecule is O=C(CCn1nc(-c2cccs2)oc1=O)OCc1nc2ccccc2n1C(F)F. The molecule has 0 aliphatic heterocycles. The van der Waals surface area contributed by atoms with Gasteiger partial charge in [-0.25, -0.2) is 9.78 Å². The summed E-state index contributed by atoms with van der Waals surface area (Å²) in [6.07, 6.45) is -0.175. The van der Waals surface area contributed by atoms with Crippen LogP contribution >= 0.6 is 11.3 Å². The molecule has 150 valence electrons. The number of alkyl halides is 2. The number of ether oxygens (including phenoxy) is 1. The van der Waals surface area contributed by atoms with Gasteiger partial charge in [0, 0.05) is 0 Å². The fourth-order valence-corrected chi connectivity index (χ4v) is 3.42. The van der Waals surface area contributed by atoms with Gasteiger partial charge in [-0.1, -0.05) is 18.2 Å². The molecule has 0 spiro atoms. The van der Waals surface area contributed by atoms with Crippen LogP contribution in [0.15, 0.2) is 51.0 Å². The van der Waals surface area contributed by atoms with Crippen molar-refractivity contribution in [3.63, 3.8) is 0 Å². The van der Waals surface area contributed by atoms with Gasteiger partial charge < -0.3 is 9.15 Å². The van der Waals surface area contributed by atoms with E-state index >= 15 is 0 Å². The number of rotatable bonds is 7. The number of halogens is 2. The molecule has 3 heterocycles. The van der Waals surface area contributed by atoms with Gasteiger partial charge in [0.25, 0.3) is 5.89 Å². The predicted octanol–water partition coefficient (Wildman–Crippen LogP) is 3.44. The Morgan fingerprint density at radius 2 is 2.07 bits per heavy atom. The van der Waals surface area contributed by atoms with E-state index in [9.17, 15) is 18.4 Å². The van der Waals surface area contributed by atoms with Gasteiger partial charge in [0.15, 0.2) is 5.82 Å². The molecule has 0 atom stereocenters. The Balaban J connectivity index is 1.40. The summed E-state index contributed by atoms with van der Waals surface area (Å²) in [5.41, 5.74) is 0.637. The van der Waals surface area contributed by atoms with Crippen LogP contribution in [0.2, 0.25) is 0 Å². The second-order valence-electron chi connectivity index (χ2n) is 5.95. The molecule has 8 nitrogen and oxygen atoms in total. The maximum atomic E-state index is 13.4. The molecule has 0 saturated carbocycles. The Hall–Kier alpha value is -3.34. The minimum Gasteiger partial charge on any atom is -0.457 e. The summed E-state index contributed by atoms with van der Waals surface area (Å²) in [6.45, 7) is -3.29. The monoisotopic (exact) mass is 420 g/mol. The molecule has 29 heavy (non-hydrogen) atoms. The summed E-state index contributed by atoms with van der Waals surface area (Å²) in [7, 11) is 0. The second kappa shape index (κ2) is 7.95. The van der Waals surface area contributed by atoms with Crippen LogP contribution in [-0.2, 0) is 22.7 Å². The van der Waals surface area contributed by atoms with Crippen LogP contribution in [0, 0.1) is 0 Å². The molecule has 4 aromatic rings. The minimum atomic E-state index is -2.82. The van der Waals surface area contributed by atoms with Crippen LogP contribution in [0.3, 0.4) is 0 Å². The van der Waals surface area contributed by atoms with E-state index in [0.717, 1.165) is 9.25 Å². The molecule has 0 aliphatic rings. The quantitative estimate of drug-likeness (QED) is 0.425. The van der Waals surface area contributed by atoms with Crippen molar-refractivity contribution in [1.82, 2.24) is 19.3 Å². The highest BCUT2D eigenvalue weighted by Crippen LogP contribution is 2.24. The van der Waals surface area contributed by atoms with Gasteiger partial charge in [-0.3, -0.25) is 9.36 Å². The highest BCUT2D eigenvalue weighted by Gasteiger charge is 2.19. The topological polar surface area (TPSA) is 92.2 Å². The number of carbonyl (C=O) groups is 1. The summed E-state index contributed by atoms with van der Waals surface area (Å²) in [5, 5.41) is 5.85. The number of aromatic nitrogens is 4. The maximum Gasteiger partial charge on any atom is 0.437 e. The van der Waals surface area contributed by atoms with Crippen molar-refractivity contribution in [2.45, 2.75) is 26.1 Å². The summed E-state index contributed by atoms with van der Waals surface area (Å²) in [6, 6.07) is 9.97. The van der Waals surface area contributed by atoms with Gasteiger partial charge in [0.05, 0.1) is 28.9 Å². The first-order valence-electron chi connectivity index (χ1n) is 8.54. The zero-order valence-corrected chi connectivity index (χ0v) is 15.6. The van der Waals surface area contributed by atoms with E-state index in [1.807, 2.05) is 5.38 Å². The van der Waals surface area contributed by atoms with E-state index in [2.05, 4.69) is 10.1 Å². The van der Waals surface area contributed by atoms with Crippen LogP contribution in [0.5, 0.6) is 0 Å². The first-order chi connectivity index (χ1) is 14.0. The maximum absolute atomic E-state index is 13.4. The molecule has 0 radical (unpaired) electrons. The third-order valence-corrected chi connectivity index (χ3v) is 4.95.